The Balaban J connectivity index is 1.86. The van der Waals surface area contributed by atoms with Crippen LogP contribution in [0.25, 0.3) is 0 Å². The smallest absolute Gasteiger partial charge is 0.335 e. The Labute approximate surface area is 153 Å². The number of nitrogens with zero attached hydrogens (tertiary/aromatic N) is 2. The summed E-state index contributed by atoms with van der Waals surface area (Å²) < 4.78 is 5.55. The van der Waals surface area contributed by atoms with Crippen LogP contribution in [0.1, 0.15) is 40.7 Å². The number of rotatable bonds is 5. The fourth-order valence-electron chi connectivity index (χ4n) is 3.18. The molecule has 136 valence electrons. The summed E-state index contributed by atoms with van der Waals surface area (Å²) >= 11 is 0. The zero-order chi connectivity index (χ0) is 18.5. The second kappa shape index (κ2) is 8.04. The minimum absolute atomic E-state index is 0.232. The average molecular weight is 352 g/mol. The van der Waals surface area contributed by atoms with Crippen LogP contribution in [0, 0.1) is 6.92 Å². The lowest BCUT2D eigenvalue weighted by Gasteiger charge is -2.29. The van der Waals surface area contributed by atoms with Crippen LogP contribution in [0.15, 0.2) is 41.4 Å². The summed E-state index contributed by atoms with van der Waals surface area (Å²) in [5.41, 5.74) is 3.84. The molecule has 26 heavy (non-hydrogen) atoms. The van der Waals surface area contributed by atoms with Crippen molar-refractivity contribution in [1.82, 2.24) is 0 Å². The van der Waals surface area contributed by atoms with Crippen molar-refractivity contribution in [2.24, 2.45) is 4.99 Å². The van der Waals surface area contributed by atoms with E-state index in [2.05, 4.69) is 16.0 Å². The molecule has 1 fully saturated rings. The van der Waals surface area contributed by atoms with Crippen LogP contribution >= 0.6 is 0 Å². The van der Waals surface area contributed by atoms with Gasteiger partial charge in [-0.05, 0) is 56.0 Å². The van der Waals surface area contributed by atoms with Gasteiger partial charge in [0.05, 0.1) is 18.4 Å². The average Bonchev–Trinajstić information content (AvgIpc) is 2.67. The highest BCUT2D eigenvalue weighted by Crippen LogP contribution is 2.28. The quantitative estimate of drug-likeness (QED) is 0.808. The molecule has 0 bridgehead atoms. The summed E-state index contributed by atoms with van der Waals surface area (Å²) in [5.74, 6) is -0.186. The lowest BCUT2D eigenvalue weighted by atomic mass is 10.1. The third-order valence-corrected chi connectivity index (χ3v) is 4.74. The van der Waals surface area contributed by atoms with Gasteiger partial charge in [0.25, 0.3) is 0 Å². The van der Waals surface area contributed by atoms with E-state index in [9.17, 15) is 4.79 Å². The highest BCUT2D eigenvalue weighted by Gasteiger charge is 2.13. The Kier molecular flexibility index (Phi) is 5.56. The normalized spacial score (nSPS) is 14.6. The monoisotopic (exact) mass is 352 g/mol. The summed E-state index contributed by atoms with van der Waals surface area (Å²) in [5, 5.41) is 9.15. The van der Waals surface area contributed by atoms with Crippen molar-refractivity contribution in [1.29, 1.82) is 0 Å². The van der Waals surface area contributed by atoms with E-state index in [1.807, 2.05) is 19.1 Å². The molecule has 0 saturated carbocycles. The first-order chi connectivity index (χ1) is 12.6. The maximum absolute atomic E-state index is 11.2. The molecule has 2 aromatic rings. The standard InChI is InChI=1S/C21H24N2O3/c1-15-6-7-16(21(24)25)12-19(15)22-14-17-8-9-18(13-20(17)26-2)23-10-4-3-5-11-23/h6-9,12-14H,3-5,10-11H2,1-2H3,(H,24,25). The number of methoxy groups -OCH3 is 1. The Morgan fingerprint density at radius 1 is 1.15 bits per heavy atom. The van der Waals surface area contributed by atoms with Crippen LogP contribution < -0.4 is 9.64 Å². The summed E-state index contributed by atoms with van der Waals surface area (Å²) in [6, 6.07) is 11.1. The number of anilines is 1. The number of hydrogen-bond acceptors (Lipinski definition) is 4. The minimum Gasteiger partial charge on any atom is -0.496 e. The van der Waals surface area contributed by atoms with Gasteiger partial charge >= 0.3 is 5.97 Å². The molecular weight excluding hydrogens is 328 g/mol. The van der Waals surface area contributed by atoms with Gasteiger partial charge in [0.1, 0.15) is 5.75 Å². The first-order valence-corrected chi connectivity index (χ1v) is 8.89. The fourth-order valence-corrected chi connectivity index (χ4v) is 3.18. The van der Waals surface area contributed by atoms with Crippen LogP contribution in [-0.4, -0.2) is 37.5 Å². The van der Waals surface area contributed by atoms with Gasteiger partial charge < -0.3 is 14.7 Å². The summed E-state index contributed by atoms with van der Waals surface area (Å²) in [4.78, 5) is 18.0. The number of carboxylic acids is 1. The van der Waals surface area contributed by atoms with Crippen LogP contribution in [0.5, 0.6) is 5.75 Å². The van der Waals surface area contributed by atoms with E-state index in [0.29, 0.717) is 5.69 Å². The van der Waals surface area contributed by atoms with E-state index >= 15 is 0 Å². The van der Waals surface area contributed by atoms with E-state index in [-0.39, 0.29) is 5.56 Å². The number of aryl methyl sites for hydroxylation is 1. The van der Waals surface area contributed by atoms with Gasteiger partial charge in [-0.2, -0.15) is 0 Å². The third-order valence-electron chi connectivity index (χ3n) is 4.74. The largest absolute Gasteiger partial charge is 0.496 e. The number of aromatic carboxylic acids is 1. The predicted octanol–water partition coefficient (Wildman–Crippen LogP) is 4.44. The zero-order valence-corrected chi connectivity index (χ0v) is 15.2. The molecule has 5 heteroatoms. The van der Waals surface area contributed by atoms with E-state index in [1.165, 1.54) is 24.9 Å². The number of hydrogen-bond donors (Lipinski definition) is 1. The van der Waals surface area contributed by atoms with Gasteiger partial charge in [0.15, 0.2) is 0 Å². The van der Waals surface area contributed by atoms with Crippen molar-refractivity contribution < 1.29 is 14.6 Å². The number of ether oxygens (including phenoxy) is 1. The van der Waals surface area contributed by atoms with Crippen LogP contribution in [0.2, 0.25) is 0 Å². The lowest BCUT2D eigenvalue weighted by molar-refractivity contribution is 0.0697. The number of piperidine rings is 1. The lowest BCUT2D eigenvalue weighted by Crippen LogP contribution is -2.29. The van der Waals surface area contributed by atoms with Gasteiger partial charge in [0, 0.05) is 36.6 Å². The molecule has 0 unspecified atom stereocenters. The Bertz CT molecular complexity index is 824. The molecule has 0 amide bonds. The molecule has 1 heterocycles. The molecule has 0 aromatic heterocycles. The van der Waals surface area contributed by atoms with Crippen molar-refractivity contribution in [3.8, 4) is 5.75 Å². The molecule has 2 aromatic carbocycles. The van der Waals surface area contributed by atoms with Crippen molar-refractivity contribution in [3.63, 3.8) is 0 Å². The van der Waals surface area contributed by atoms with Crippen molar-refractivity contribution >= 4 is 23.6 Å². The number of aliphatic imine (C=N–C) groups is 1. The van der Waals surface area contributed by atoms with Crippen molar-refractivity contribution in [2.75, 3.05) is 25.1 Å². The Morgan fingerprint density at radius 2 is 1.92 bits per heavy atom. The van der Waals surface area contributed by atoms with Crippen LogP contribution in [0.4, 0.5) is 11.4 Å². The maximum Gasteiger partial charge on any atom is 0.335 e. The second-order valence-electron chi connectivity index (χ2n) is 6.54. The molecule has 0 radical (unpaired) electrons. The van der Waals surface area contributed by atoms with E-state index < -0.39 is 5.97 Å². The van der Waals surface area contributed by atoms with E-state index in [4.69, 9.17) is 9.84 Å². The molecule has 1 aliphatic heterocycles. The molecule has 1 aliphatic rings. The molecular formula is C21H24N2O3. The van der Waals surface area contributed by atoms with E-state index in [0.717, 1.165) is 30.0 Å². The van der Waals surface area contributed by atoms with Crippen LogP contribution in [0.3, 0.4) is 0 Å². The predicted molar refractivity (Wildman–Crippen MR) is 104 cm³/mol. The summed E-state index contributed by atoms with van der Waals surface area (Å²) in [6.07, 6.45) is 5.48. The van der Waals surface area contributed by atoms with E-state index in [1.54, 1.807) is 31.5 Å². The van der Waals surface area contributed by atoms with Crippen LogP contribution in [-0.2, 0) is 0 Å². The Morgan fingerprint density at radius 3 is 2.62 bits per heavy atom. The zero-order valence-electron chi connectivity index (χ0n) is 15.2. The van der Waals surface area contributed by atoms with Crippen molar-refractivity contribution in [2.45, 2.75) is 26.2 Å². The third kappa shape index (κ3) is 4.04. The number of carbonyl (C=O) groups is 1. The van der Waals surface area contributed by atoms with Gasteiger partial charge in [0.2, 0.25) is 0 Å². The van der Waals surface area contributed by atoms with Gasteiger partial charge in [-0.15, -0.1) is 0 Å². The molecule has 5 nitrogen and oxygen atoms in total. The first-order valence-electron chi connectivity index (χ1n) is 8.89. The topological polar surface area (TPSA) is 62.1 Å². The number of carboxylic acid groups (broad SMARTS) is 1. The van der Waals surface area contributed by atoms with Gasteiger partial charge in [-0.1, -0.05) is 6.07 Å². The highest BCUT2D eigenvalue weighted by atomic mass is 16.5. The van der Waals surface area contributed by atoms with Gasteiger partial charge in [-0.3, -0.25) is 4.99 Å². The molecule has 0 spiro atoms. The highest BCUT2D eigenvalue weighted by molar-refractivity contribution is 5.90. The minimum atomic E-state index is -0.954. The Hall–Kier alpha value is -2.82. The maximum atomic E-state index is 11.2. The SMILES string of the molecule is COc1cc(N2CCCCC2)ccc1C=Nc1cc(C(=O)O)ccc1C. The summed E-state index contributed by atoms with van der Waals surface area (Å²) in [6.45, 7) is 4.07. The first kappa shape index (κ1) is 18.0. The molecule has 1 saturated heterocycles. The fraction of sp³-hybridized carbons (Fsp3) is 0.333. The molecule has 1 N–H and O–H groups in total. The van der Waals surface area contributed by atoms with Gasteiger partial charge in [-0.25, -0.2) is 4.79 Å². The molecule has 0 atom stereocenters. The summed E-state index contributed by atoms with van der Waals surface area (Å²) in [7, 11) is 1.66. The molecule has 0 aliphatic carbocycles. The second-order valence-corrected chi connectivity index (χ2v) is 6.54. The number of benzene rings is 2. The molecule has 3 rings (SSSR count). The van der Waals surface area contributed by atoms with Crippen molar-refractivity contribution in [3.05, 3.63) is 53.1 Å².